The summed E-state index contributed by atoms with van der Waals surface area (Å²) < 4.78 is 6.32. The van der Waals surface area contributed by atoms with Crippen molar-refractivity contribution >= 4 is 44.4 Å². The van der Waals surface area contributed by atoms with Crippen LogP contribution in [0.5, 0.6) is 5.75 Å². The van der Waals surface area contributed by atoms with Crippen LogP contribution in [0.1, 0.15) is 24.0 Å². The maximum Gasteiger partial charge on any atom is 0.229 e. The minimum Gasteiger partial charge on any atom is -0.497 e. The first-order valence-corrected chi connectivity index (χ1v) is 12.4. The zero-order valence-electron chi connectivity index (χ0n) is 18.3. The number of rotatable bonds is 9. The number of methoxy groups -OCH3 is 1. The minimum atomic E-state index is 0.112. The van der Waals surface area contributed by atoms with Gasteiger partial charge in [-0.2, -0.15) is 0 Å². The average Bonchev–Trinajstić information content (AvgIpc) is 3.26. The Hall–Kier alpha value is -2.83. The van der Waals surface area contributed by atoms with Crippen LogP contribution in [-0.4, -0.2) is 23.8 Å². The van der Waals surface area contributed by atoms with E-state index in [0.717, 1.165) is 44.4 Å². The molecule has 32 heavy (non-hydrogen) atoms. The van der Waals surface area contributed by atoms with Gasteiger partial charge in [0.15, 0.2) is 5.13 Å². The number of anilines is 1. The van der Waals surface area contributed by atoms with Gasteiger partial charge in [0.05, 0.1) is 23.9 Å². The van der Waals surface area contributed by atoms with Crippen molar-refractivity contribution in [1.29, 1.82) is 0 Å². The van der Waals surface area contributed by atoms with Gasteiger partial charge in [-0.25, -0.2) is 4.98 Å². The van der Waals surface area contributed by atoms with E-state index in [1.165, 1.54) is 4.90 Å². The molecule has 1 heterocycles. The molecule has 0 aliphatic rings. The highest BCUT2D eigenvalue weighted by Crippen LogP contribution is 2.32. The van der Waals surface area contributed by atoms with Crippen LogP contribution in [0.15, 0.2) is 77.7 Å². The number of hydrogen-bond donors (Lipinski definition) is 0. The summed E-state index contributed by atoms with van der Waals surface area (Å²) in [6.45, 7) is 2.59. The van der Waals surface area contributed by atoms with E-state index in [1.807, 2.05) is 41.3 Å². The molecule has 0 aliphatic heterocycles. The Morgan fingerprint density at radius 3 is 2.53 bits per heavy atom. The fourth-order valence-corrected chi connectivity index (χ4v) is 5.35. The molecule has 4 nitrogen and oxygen atoms in total. The number of carbonyl (C=O) groups excluding carboxylic acids is 1. The summed E-state index contributed by atoms with van der Waals surface area (Å²) in [6, 6.07) is 24.3. The smallest absolute Gasteiger partial charge is 0.229 e. The third-order valence-corrected chi connectivity index (χ3v) is 7.33. The third kappa shape index (κ3) is 5.50. The van der Waals surface area contributed by atoms with Crippen LogP contribution in [0.2, 0.25) is 0 Å². The van der Waals surface area contributed by atoms with Gasteiger partial charge < -0.3 is 4.74 Å². The number of nitrogens with zero attached hydrogens (tertiary/aromatic N) is 2. The molecule has 1 amide bonds. The zero-order chi connectivity index (χ0) is 22.3. The first-order valence-electron chi connectivity index (χ1n) is 10.6. The second-order valence-electron chi connectivity index (χ2n) is 7.51. The van der Waals surface area contributed by atoms with Crippen molar-refractivity contribution in [2.24, 2.45) is 0 Å². The van der Waals surface area contributed by atoms with E-state index >= 15 is 0 Å². The van der Waals surface area contributed by atoms with Gasteiger partial charge in [0.1, 0.15) is 5.75 Å². The summed E-state index contributed by atoms with van der Waals surface area (Å²) in [7, 11) is 1.67. The van der Waals surface area contributed by atoms with E-state index in [-0.39, 0.29) is 5.91 Å². The molecule has 0 radical (unpaired) electrons. The fourth-order valence-electron chi connectivity index (χ4n) is 3.44. The number of fused-ring (bicyclic) bond motifs is 1. The van der Waals surface area contributed by atoms with Crippen molar-refractivity contribution in [3.8, 4) is 5.75 Å². The summed E-state index contributed by atoms with van der Waals surface area (Å²) in [4.78, 5) is 21.1. The third-order valence-electron chi connectivity index (χ3n) is 5.19. The maximum absolute atomic E-state index is 13.3. The molecule has 0 fully saturated rings. The average molecular weight is 463 g/mol. The Morgan fingerprint density at radius 2 is 1.81 bits per heavy atom. The predicted molar refractivity (Wildman–Crippen MR) is 135 cm³/mol. The Morgan fingerprint density at radius 1 is 1.03 bits per heavy atom. The highest BCUT2D eigenvalue weighted by atomic mass is 32.2. The number of thioether (sulfide) groups is 1. The van der Waals surface area contributed by atoms with Crippen molar-refractivity contribution in [2.75, 3.05) is 17.8 Å². The highest BCUT2D eigenvalue weighted by Gasteiger charge is 2.20. The molecule has 3 aromatic carbocycles. The quantitative estimate of drug-likeness (QED) is 0.205. The van der Waals surface area contributed by atoms with Crippen molar-refractivity contribution < 1.29 is 9.53 Å². The van der Waals surface area contributed by atoms with Crippen molar-refractivity contribution in [3.63, 3.8) is 0 Å². The Kier molecular flexibility index (Phi) is 7.45. The number of ether oxygens (including phenoxy) is 1. The van der Waals surface area contributed by atoms with Crippen LogP contribution in [0.4, 0.5) is 5.13 Å². The second-order valence-corrected chi connectivity index (χ2v) is 9.69. The molecule has 0 spiro atoms. The predicted octanol–water partition coefficient (Wildman–Crippen LogP) is 6.72. The van der Waals surface area contributed by atoms with Crippen molar-refractivity contribution in [3.05, 3.63) is 83.9 Å². The lowest BCUT2D eigenvalue weighted by Gasteiger charge is -2.20. The van der Waals surface area contributed by atoms with Crippen LogP contribution in [-0.2, 0) is 11.3 Å². The summed E-state index contributed by atoms with van der Waals surface area (Å²) in [5.74, 6) is 1.85. The van der Waals surface area contributed by atoms with Gasteiger partial charge in [0.2, 0.25) is 5.91 Å². The van der Waals surface area contributed by atoms with Gasteiger partial charge in [-0.3, -0.25) is 9.69 Å². The number of amides is 1. The standard InChI is InChI=1S/C26H26N2O2S2/c1-19-8-6-11-23-25(19)27-26(32-23)28(18-20-9-4-3-5-10-20)24(29)12-7-17-31-22-15-13-21(30-2)14-16-22/h3-6,8-11,13-16H,7,12,17-18H2,1-2H3. The lowest BCUT2D eigenvalue weighted by atomic mass is 10.2. The number of hydrogen-bond acceptors (Lipinski definition) is 5. The topological polar surface area (TPSA) is 42.4 Å². The number of aryl methyl sites for hydroxylation is 1. The lowest BCUT2D eigenvalue weighted by molar-refractivity contribution is -0.118. The molecule has 0 atom stereocenters. The number of benzene rings is 3. The van der Waals surface area contributed by atoms with Gasteiger partial charge >= 0.3 is 0 Å². The SMILES string of the molecule is COc1ccc(SCCCC(=O)N(Cc2ccccc2)c2nc3c(C)cccc3s2)cc1. The number of thiazole rings is 1. The molecule has 4 aromatic rings. The summed E-state index contributed by atoms with van der Waals surface area (Å²) >= 11 is 3.34. The minimum absolute atomic E-state index is 0.112. The van der Waals surface area contributed by atoms with Gasteiger partial charge in [0.25, 0.3) is 0 Å². The summed E-state index contributed by atoms with van der Waals surface area (Å²) in [5.41, 5.74) is 3.21. The normalized spacial score (nSPS) is 10.9. The number of para-hydroxylation sites is 1. The molecule has 0 saturated heterocycles. The molecule has 0 N–H and O–H groups in total. The van der Waals surface area contributed by atoms with E-state index in [4.69, 9.17) is 9.72 Å². The zero-order valence-corrected chi connectivity index (χ0v) is 19.9. The second kappa shape index (κ2) is 10.7. The molecular formula is C26H26N2O2S2. The first kappa shape index (κ1) is 22.4. The number of carbonyl (C=O) groups is 1. The monoisotopic (exact) mass is 462 g/mol. The van der Waals surface area contributed by atoms with E-state index in [0.29, 0.717) is 13.0 Å². The molecule has 4 rings (SSSR count). The van der Waals surface area contributed by atoms with Crippen LogP contribution >= 0.6 is 23.1 Å². The largest absolute Gasteiger partial charge is 0.497 e. The Labute approximate surface area is 197 Å². The molecular weight excluding hydrogens is 436 g/mol. The lowest BCUT2D eigenvalue weighted by Crippen LogP contribution is -2.30. The first-order chi connectivity index (χ1) is 15.6. The van der Waals surface area contributed by atoms with Gasteiger partial charge in [-0.15, -0.1) is 11.8 Å². The van der Waals surface area contributed by atoms with Gasteiger partial charge in [-0.05, 0) is 60.6 Å². The van der Waals surface area contributed by atoms with Crippen LogP contribution < -0.4 is 9.64 Å². The van der Waals surface area contributed by atoms with E-state index in [1.54, 1.807) is 30.2 Å². The fraction of sp³-hybridized carbons (Fsp3) is 0.231. The van der Waals surface area contributed by atoms with E-state index < -0.39 is 0 Å². The molecule has 1 aromatic heterocycles. The molecule has 164 valence electrons. The molecule has 6 heteroatoms. The van der Waals surface area contributed by atoms with Crippen LogP contribution in [0, 0.1) is 6.92 Å². The van der Waals surface area contributed by atoms with E-state index in [2.05, 4.69) is 43.3 Å². The molecule has 0 unspecified atom stereocenters. The summed E-state index contributed by atoms with van der Waals surface area (Å²) in [6.07, 6.45) is 1.30. The van der Waals surface area contributed by atoms with Crippen LogP contribution in [0.25, 0.3) is 10.2 Å². The van der Waals surface area contributed by atoms with Crippen molar-refractivity contribution in [1.82, 2.24) is 4.98 Å². The molecule has 0 saturated carbocycles. The number of aromatic nitrogens is 1. The van der Waals surface area contributed by atoms with Crippen LogP contribution in [0.3, 0.4) is 0 Å². The Bertz CT molecular complexity index is 1170. The maximum atomic E-state index is 13.3. The summed E-state index contributed by atoms with van der Waals surface area (Å²) in [5, 5.41) is 0.769. The molecule has 0 bridgehead atoms. The van der Waals surface area contributed by atoms with Gasteiger partial charge in [0, 0.05) is 11.3 Å². The van der Waals surface area contributed by atoms with E-state index in [9.17, 15) is 4.79 Å². The van der Waals surface area contributed by atoms with Gasteiger partial charge in [-0.1, -0.05) is 53.8 Å². The van der Waals surface area contributed by atoms with Crippen molar-refractivity contribution in [2.45, 2.75) is 31.2 Å². The molecule has 0 aliphatic carbocycles. The Balaban J connectivity index is 1.44. The highest BCUT2D eigenvalue weighted by molar-refractivity contribution is 7.99.